The first kappa shape index (κ1) is 33.1. The number of nitrogens with zero attached hydrogens (tertiary/aromatic N) is 6. The van der Waals surface area contributed by atoms with E-state index in [1.807, 2.05) is 41.3 Å². The molecule has 0 atom stereocenters. The molecule has 4 heterocycles. The van der Waals surface area contributed by atoms with Crippen LogP contribution in [0.4, 0.5) is 24.8 Å². The molecule has 0 saturated carbocycles. The van der Waals surface area contributed by atoms with E-state index in [9.17, 15) is 23.4 Å². The number of anilines is 2. The zero-order valence-corrected chi connectivity index (χ0v) is 26.4. The molecule has 0 saturated heterocycles. The molecule has 3 N–H and O–H groups in total. The summed E-state index contributed by atoms with van der Waals surface area (Å²) < 4.78 is 50.2. The van der Waals surface area contributed by atoms with E-state index in [1.54, 1.807) is 12.4 Å². The van der Waals surface area contributed by atoms with Gasteiger partial charge in [-0.3, -0.25) is 0 Å². The SMILES string of the molecule is CC(C)(COc1ccn(-c2ncc3nc2-c2ccccc2CCCCCCN(/C=C(/O)CO)c2cccc(n2)SN3)n1)C(F)(F)F. The van der Waals surface area contributed by atoms with Crippen LogP contribution >= 0.6 is 11.9 Å². The Balaban J connectivity index is 1.48. The van der Waals surface area contributed by atoms with Crippen molar-refractivity contribution in [2.24, 2.45) is 5.41 Å². The van der Waals surface area contributed by atoms with Crippen LogP contribution in [0.2, 0.25) is 0 Å². The number of halogens is 3. The lowest BCUT2D eigenvalue weighted by molar-refractivity contribution is -0.219. The van der Waals surface area contributed by atoms with Gasteiger partial charge in [0.05, 0.1) is 11.6 Å². The fourth-order valence-electron chi connectivity index (χ4n) is 4.73. The van der Waals surface area contributed by atoms with E-state index in [-0.39, 0.29) is 11.6 Å². The van der Waals surface area contributed by atoms with E-state index >= 15 is 0 Å². The average molecular weight is 656 g/mol. The third-order valence-corrected chi connectivity index (χ3v) is 8.23. The number of aliphatic hydroxyl groups is 2. The van der Waals surface area contributed by atoms with Crippen LogP contribution in [-0.2, 0) is 6.42 Å². The first-order valence-corrected chi connectivity index (χ1v) is 15.7. The lowest BCUT2D eigenvalue weighted by Crippen LogP contribution is -2.37. The van der Waals surface area contributed by atoms with Gasteiger partial charge in [0.15, 0.2) is 11.6 Å². The third kappa shape index (κ3) is 8.10. The molecule has 4 bridgehead atoms. The quantitative estimate of drug-likeness (QED) is 0.146. The van der Waals surface area contributed by atoms with Gasteiger partial charge < -0.3 is 24.6 Å². The number of alkyl halides is 3. The highest BCUT2D eigenvalue weighted by Crippen LogP contribution is 2.38. The molecule has 3 aromatic heterocycles. The number of benzene rings is 1. The zero-order valence-electron chi connectivity index (χ0n) is 25.5. The van der Waals surface area contributed by atoms with Crippen molar-refractivity contribution in [1.82, 2.24) is 24.7 Å². The lowest BCUT2D eigenvalue weighted by Gasteiger charge is -2.26. The summed E-state index contributed by atoms with van der Waals surface area (Å²) in [6, 6.07) is 15.0. The minimum atomic E-state index is -4.42. The molecule has 244 valence electrons. The number of ether oxygens (including phenoxy) is 1. The van der Waals surface area contributed by atoms with E-state index in [4.69, 9.17) is 14.7 Å². The minimum Gasteiger partial charge on any atom is -0.508 e. The molecule has 0 fully saturated rings. The molecular formula is C32H36F3N7O3S. The normalized spacial score (nSPS) is 15.1. The second-order valence-corrected chi connectivity index (χ2v) is 12.4. The zero-order chi connectivity index (χ0) is 32.7. The van der Waals surface area contributed by atoms with Gasteiger partial charge in [0.25, 0.3) is 0 Å². The highest BCUT2D eigenvalue weighted by molar-refractivity contribution is 8.00. The molecule has 1 aliphatic heterocycles. The summed E-state index contributed by atoms with van der Waals surface area (Å²) in [5.74, 6) is 1.38. The van der Waals surface area contributed by atoms with Gasteiger partial charge >= 0.3 is 6.18 Å². The number of aromatic nitrogens is 5. The van der Waals surface area contributed by atoms with Crippen molar-refractivity contribution in [2.45, 2.75) is 57.2 Å². The van der Waals surface area contributed by atoms with Gasteiger partial charge in [-0.15, -0.1) is 5.10 Å². The molecule has 0 spiro atoms. The van der Waals surface area contributed by atoms with Gasteiger partial charge in [-0.2, -0.15) is 13.2 Å². The van der Waals surface area contributed by atoms with Crippen molar-refractivity contribution in [1.29, 1.82) is 0 Å². The Morgan fingerprint density at radius 1 is 1.04 bits per heavy atom. The monoisotopic (exact) mass is 655 g/mol. The predicted molar refractivity (Wildman–Crippen MR) is 171 cm³/mol. The van der Waals surface area contributed by atoms with Gasteiger partial charge in [0.1, 0.15) is 35.5 Å². The summed E-state index contributed by atoms with van der Waals surface area (Å²) in [5, 5.41) is 24.4. The third-order valence-electron chi connectivity index (χ3n) is 7.48. The summed E-state index contributed by atoms with van der Waals surface area (Å²) in [7, 11) is 0. The highest BCUT2D eigenvalue weighted by Gasteiger charge is 2.48. The molecule has 46 heavy (non-hydrogen) atoms. The summed E-state index contributed by atoms with van der Waals surface area (Å²) in [6.45, 7) is 1.74. The van der Waals surface area contributed by atoms with Crippen LogP contribution in [0, 0.1) is 5.41 Å². The van der Waals surface area contributed by atoms with Crippen molar-refractivity contribution in [3.05, 3.63) is 78.4 Å². The van der Waals surface area contributed by atoms with Crippen molar-refractivity contribution in [3.63, 3.8) is 0 Å². The van der Waals surface area contributed by atoms with Crippen LogP contribution in [0.15, 0.2) is 77.9 Å². The predicted octanol–water partition coefficient (Wildman–Crippen LogP) is 7.13. The second-order valence-electron chi connectivity index (χ2n) is 11.5. The second kappa shape index (κ2) is 14.4. The van der Waals surface area contributed by atoms with Crippen LogP contribution in [-0.4, -0.2) is 60.9 Å². The summed E-state index contributed by atoms with van der Waals surface area (Å²) in [6.07, 6.45) is 4.72. The smallest absolute Gasteiger partial charge is 0.397 e. The van der Waals surface area contributed by atoms with E-state index in [1.165, 1.54) is 28.9 Å². The molecule has 5 rings (SSSR count). The number of pyridine rings is 1. The van der Waals surface area contributed by atoms with Crippen LogP contribution in [0.3, 0.4) is 0 Å². The summed E-state index contributed by atoms with van der Waals surface area (Å²) in [4.78, 5) is 16.2. The molecule has 1 aliphatic rings. The number of fused-ring (bicyclic) bond motifs is 6. The van der Waals surface area contributed by atoms with Crippen LogP contribution < -0.4 is 14.4 Å². The van der Waals surface area contributed by atoms with Crippen molar-refractivity contribution < 1.29 is 28.1 Å². The highest BCUT2D eigenvalue weighted by atomic mass is 32.2. The van der Waals surface area contributed by atoms with Gasteiger partial charge in [-0.25, -0.2) is 19.6 Å². The fraction of sp³-hybridized carbons (Fsp3) is 0.375. The molecule has 0 unspecified atom stereocenters. The van der Waals surface area contributed by atoms with Crippen molar-refractivity contribution >= 4 is 23.6 Å². The molecule has 10 nitrogen and oxygen atoms in total. The van der Waals surface area contributed by atoms with Gasteiger partial charge in [0.2, 0.25) is 5.88 Å². The maximum atomic E-state index is 13.4. The number of aryl methyl sites for hydroxylation is 1. The first-order chi connectivity index (χ1) is 22.0. The van der Waals surface area contributed by atoms with Gasteiger partial charge in [-0.1, -0.05) is 43.2 Å². The summed E-state index contributed by atoms with van der Waals surface area (Å²) in [5.41, 5.74) is 0.451. The van der Waals surface area contributed by atoms with Crippen molar-refractivity contribution in [3.8, 4) is 23.0 Å². The van der Waals surface area contributed by atoms with Crippen LogP contribution in [0.5, 0.6) is 5.88 Å². The molecule has 14 heteroatoms. The molecule has 0 aliphatic carbocycles. The maximum Gasteiger partial charge on any atom is 0.397 e. The Labute approximate surface area is 269 Å². The number of hydrogen-bond donors (Lipinski definition) is 3. The van der Waals surface area contributed by atoms with Crippen molar-refractivity contribution in [2.75, 3.05) is 29.4 Å². The van der Waals surface area contributed by atoms with Crippen LogP contribution in [0.1, 0.15) is 45.1 Å². The molecular weight excluding hydrogens is 619 g/mol. The topological polar surface area (TPSA) is 121 Å². The molecule has 0 amide bonds. The Hall–Kier alpha value is -4.30. The Kier molecular flexibility index (Phi) is 10.4. The standard InChI is InChI=1S/C32H36F3N7O3S/c1-31(2,32(33,34)35)21-45-27-15-17-42(39-27)30-29-24-12-7-6-11-22(24)10-5-3-4-8-16-41(19-23(44)20-43)26-13-9-14-28(38-26)46-40-25(37-29)18-36-30/h6-7,9,11-15,17-19,43-44H,3-5,8,10,16,20-21H2,1-2H3,(H,37,40)/b23-19+. The largest absolute Gasteiger partial charge is 0.508 e. The maximum absolute atomic E-state index is 13.4. The number of rotatable bonds is 6. The first-order valence-electron chi connectivity index (χ1n) is 14.9. The Morgan fingerprint density at radius 2 is 1.85 bits per heavy atom. The Bertz CT molecular complexity index is 1660. The Morgan fingerprint density at radius 3 is 2.65 bits per heavy atom. The van der Waals surface area contributed by atoms with Crippen LogP contribution in [0.25, 0.3) is 17.1 Å². The fourth-order valence-corrected chi connectivity index (χ4v) is 5.32. The lowest BCUT2D eigenvalue weighted by atomic mass is 9.94. The molecule has 4 aromatic rings. The molecule has 0 radical (unpaired) electrons. The van der Waals surface area contributed by atoms with E-state index in [2.05, 4.69) is 20.9 Å². The number of hydrogen-bond acceptors (Lipinski definition) is 10. The average Bonchev–Trinajstić information content (AvgIpc) is 3.52. The van der Waals surface area contributed by atoms with Gasteiger partial charge in [0, 0.05) is 42.5 Å². The van der Waals surface area contributed by atoms with E-state index < -0.39 is 24.8 Å². The van der Waals surface area contributed by atoms with Gasteiger partial charge in [-0.05, 0) is 50.8 Å². The van der Waals surface area contributed by atoms with E-state index in [0.29, 0.717) is 34.7 Å². The number of aliphatic hydroxyl groups excluding tert-OH is 2. The molecule has 1 aromatic carbocycles. The van der Waals surface area contributed by atoms with E-state index in [0.717, 1.165) is 57.1 Å². The minimum absolute atomic E-state index is 0.0452. The number of nitrogens with one attached hydrogen (secondary N) is 1. The summed E-state index contributed by atoms with van der Waals surface area (Å²) >= 11 is 1.24.